The molecule has 0 aliphatic carbocycles. The van der Waals surface area contributed by atoms with Crippen LogP contribution in [0.4, 0.5) is 0 Å². The van der Waals surface area contributed by atoms with Gasteiger partial charge in [-0.3, -0.25) is 19.1 Å². The number of nitrogens with zero attached hydrogens (tertiary/aromatic N) is 3. The van der Waals surface area contributed by atoms with E-state index in [9.17, 15) is 14.4 Å². The molecule has 0 saturated carbocycles. The molecule has 0 saturated heterocycles. The largest absolute Gasteiger partial charge is 0.480 e. The number of hydrogen-bond acceptors (Lipinski definition) is 4. The molecule has 0 spiro atoms. The second-order valence-electron chi connectivity index (χ2n) is 3.97. The Morgan fingerprint density at radius 3 is 2.21 bits per heavy atom. The van der Waals surface area contributed by atoms with E-state index >= 15 is 0 Å². The minimum Gasteiger partial charge on any atom is -0.480 e. The summed E-state index contributed by atoms with van der Waals surface area (Å²) in [6.45, 7) is 0.476. The molecule has 0 aliphatic heterocycles. The van der Waals surface area contributed by atoms with Gasteiger partial charge in [-0.1, -0.05) is 6.92 Å². The van der Waals surface area contributed by atoms with Gasteiger partial charge < -0.3 is 15.1 Å². The molecule has 1 amide bonds. The van der Waals surface area contributed by atoms with E-state index in [0.717, 1.165) is 4.90 Å². The van der Waals surface area contributed by atoms with Crippen LogP contribution in [-0.2, 0) is 23.1 Å². The summed E-state index contributed by atoms with van der Waals surface area (Å²) in [6, 6.07) is 0. The van der Waals surface area contributed by atoms with E-state index in [0.29, 0.717) is 12.1 Å². The van der Waals surface area contributed by atoms with E-state index in [1.807, 2.05) is 0 Å². The highest BCUT2D eigenvalue weighted by molar-refractivity contribution is 5.98. The first-order chi connectivity index (χ1) is 8.85. The number of aryl methyl sites for hydroxylation is 2. The molecule has 1 heterocycles. The second-order valence-corrected chi connectivity index (χ2v) is 3.97. The summed E-state index contributed by atoms with van der Waals surface area (Å²) in [5.41, 5.74) is 0.737. The van der Waals surface area contributed by atoms with Gasteiger partial charge in [0.2, 0.25) is 0 Å². The van der Waals surface area contributed by atoms with Crippen LogP contribution in [0.1, 0.15) is 23.0 Å². The molecule has 1 aromatic heterocycles. The molecular weight excluding hydrogens is 254 g/mol. The number of aliphatic carboxylic acids is 2. The molecule has 0 fully saturated rings. The quantitative estimate of drug-likeness (QED) is 0.726. The van der Waals surface area contributed by atoms with E-state index in [1.54, 1.807) is 14.0 Å². The fourth-order valence-corrected chi connectivity index (χ4v) is 1.67. The Bertz CT molecular complexity index is 492. The predicted molar refractivity (Wildman–Crippen MR) is 63.8 cm³/mol. The van der Waals surface area contributed by atoms with Crippen LogP contribution < -0.4 is 0 Å². The molecule has 1 rings (SSSR count). The van der Waals surface area contributed by atoms with Crippen LogP contribution in [0.2, 0.25) is 0 Å². The minimum atomic E-state index is -1.27. The van der Waals surface area contributed by atoms with Gasteiger partial charge in [-0.05, 0) is 6.42 Å². The Balaban J connectivity index is 3.03. The number of carbonyl (C=O) groups excluding carboxylic acids is 1. The first-order valence-electron chi connectivity index (χ1n) is 5.60. The van der Waals surface area contributed by atoms with Crippen molar-refractivity contribution in [2.75, 3.05) is 13.1 Å². The fourth-order valence-electron chi connectivity index (χ4n) is 1.67. The monoisotopic (exact) mass is 269 g/mol. The first kappa shape index (κ1) is 14.7. The molecule has 2 N–H and O–H groups in total. The molecule has 0 aliphatic rings. The molecule has 0 unspecified atom stereocenters. The Kier molecular flexibility index (Phi) is 4.62. The molecule has 104 valence electrons. The molecule has 1 aromatic rings. The van der Waals surface area contributed by atoms with Gasteiger partial charge in [0.25, 0.3) is 5.91 Å². The standard InChI is InChI=1S/C11H15N3O5/c1-3-8-7(4-13(2)12-8)11(19)14(5-9(15)16)6-10(17)18/h4H,3,5-6H2,1-2H3,(H,15,16)(H,17,18). The summed E-state index contributed by atoms with van der Waals surface area (Å²) >= 11 is 0. The van der Waals surface area contributed by atoms with E-state index in [4.69, 9.17) is 10.2 Å². The first-order valence-corrected chi connectivity index (χ1v) is 5.60. The third kappa shape index (κ3) is 3.80. The van der Waals surface area contributed by atoms with Crippen molar-refractivity contribution in [3.8, 4) is 0 Å². The van der Waals surface area contributed by atoms with Gasteiger partial charge in [0.1, 0.15) is 13.1 Å². The number of rotatable bonds is 6. The maximum absolute atomic E-state index is 12.2. The molecule has 0 radical (unpaired) electrons. The summed E-state index contributed by atoms with van der Waals surface area (Å²) in [6.07, 6.45) is 1.95. The lowest BCUT2D eigenvalue weighted by Crippen LogP contribution is -2.39. The molecule has 0 atom stereocenters. The van der Waals surface area contributed by atoms with Gasteiger partial charge in [0.15, 0.2) is 0 Å². The maximum Gasteiger partial charge on any atom is 0.323 e. The van der Waals surface area contributed by atoms with Crippen LogP contribution in [0.15, 0.2) is 6.20 Å². The van der Waals surface area contributed by atoms with Gasteiger partial charge in [0.05, 0.1) is 11.3 Å². The van der Waals surface area contributed by atoms with Crippen LogP contribution in [0.5, 0.6) is 0 Å². The lowest BCUT2D eigenvalue weighted by atomic mass is 10.2. The smallest absolute Gasteiger partial charge is 0.323 e. The predicted octanol–water partition coefficient (Wildman–Crippen LogP) is -0.406. The van der Waals surface area contributed by atoms with Crippen LogP contribution in [0, 0.1) is 0 Å². The number of carbonyl (C=O) groups is 3. The fraction of sp³-hybridized carbons (Fsp3) is 0.455. The lowest BCUT2D eigenvalue weighted by molar-refractivity contribution is -0.140. The molecule has 0 bridgehead atoms. The van der Waals surface area contributed by atoms with E-state index in [-0.39, 0.29) is 5.56 Å². The zero-order valence-electron chi connectivity index (χ0n) is 10.7. The molecule has 8 nitrogen and oxygen atoms in total. The van der Waals surface area contributed by atoms with Crippen molar-refractivity contribution >= 4 is 17.8 Å². The number of carboxylic acid groups (broad SMARTS) is 2. The topological polar surface area (TPSA) is 113 Å². The molecule has 0 aromatic carbocycles. The second kappa shape index (κ2) is 5.98. The zero-order valence-corrected chi connectivity index (χ0v) is 10.7. The average Bonchev–Trinajstić information content (AvgIpc) is 2.67. The van der Waals surface area contributed by atoms with Crippen molar-refractivity contribution in [2.24, 2.45) is 7.05 Å². The number of amides is 1. The van der Waals surface area contributed by atoms with Crippen LogP contribution in [0.3, 0.4) is 0 Å². The van der Waals surface area contributed by atoms with Gasteiger partial charge in [-0.2, -0.15) is 5.10 Å². The highest BCUT2D eigenvalue weighted by atomic mass is 16.4. The summed E-state index contributed by atoms with van der Waals surface area (Å²) in [7, 11) is 1.63. The maximum atomic E-state index is 12.2. The van der Waals surface area contributed by atoms with Gasteiger partial charge in [-0.15, -0.1) is 0 Å². The molecule has 8 heteroatoms. The van der Waals surface area contributed by atoms with Crippen molar-refractivity contribution in [1.29, 1.82) is 0 Å². The minimum absolute atomic E-state index is 0.229. The van der Waals surface area contributed by atoms with E-state index in [2.05, 4.69) is 5.10 Å². The number of hydrogen-bond donors (Lipinski definition) is 2. The van der Waals surface area contributed by atoms with Gasteiger partial charge >= 0.3 is 11.9 Å². The number of carboxylic acids is 2. The van der Waals surface area contributed by atoms with Crippen LogP contribution in [0.25, 0.3) is 0 Å². The van der Waals surface area contributed by atoms with Gasteiger partial charge in [0, 0.05) is 13.2 Å². The van der Waals surface area contributed by atoms with Crippen molar-refractivity contribution in [3.05, 3.63) is 17.5 Å². The van der Waals surface area contributed by atoms with Crippen LogP contribution >= 0.6 is 0 Å². The highest BCUT2D eigenvalue weighted by Gasteiger charge is 2.24. The SMILES string of the molecule is CCc1nn(C)cc1C(=O)N(CC(=O)O)CC(=O)O. The molecule has 19 heavy (non-hydrogen) atoms. The summed E-state index contributed by atoms with van der Waals surface area (Å²) in [4.78, 5) is 34.3. The van der Waals surface area contributed by atoms with Crippen molar-refractivity contribution in [1.82, 2.24) is 14.7 Å². The molecular formula is C11H15N3O5. The van der Waals surface area contributed by atoms with E-state index < -0.39 is 30.9 Å². The van der Waals surface area contributed by atoms with E-state index in [1.165, 1.54) is 10.9 Å². The Hall–Kier alpha value is -2.38. The van der Waals surface area contributed by atoms with Crippen molar-refractivity contribution < 1.29 is 24.6 Å². The van der Waals surface area contributed by atoms with Crippen LogP contribution in [-0.4, -0.2) is 55.8 Å². The highest BCUT2D eigenvalue weighted by Crippen LogP contribution is 2.11. The van der Waals surface area contributed by atoms with Gasteiger partial charge in [-0.25, -0.2) is 0 Å². The third-order valence-electron chi connectivity index (χ3n) is 2.41. The normalized spacial score (nSPS) is 10.2. The third-order valence-corrected chi connectivity index (χ3v) is 2.41. The summed E-state index contributed by atoms with van der Waals surface area (Å²) < 4.78 is 1.44. The zero-order chi connectivity index (χ0) is 14.6. The summed E-state index contributed by atoms with van der Waals surface area (Å²) in [5.74, 6) is -3.18. The van der Waals surface area contributed by atoms with Crippen molar-refractivity contribution in [2.45, 2.75) is 13.3 Å². The Labute approximate surface area is 109 Å². The number of aromatic nitrogens is 2. The Morgan fingerprint density at radius 1 is 1.26 bits per heavy atom. The Morgan fingerprint density at radius 2 is 1.79 bits per heavy atom. The van der Waals surface area contributed by atoms with Crippen molar-refractivity contribution in [3.63, 3.8) is 0 Å². The lowest BCUT2D eigenvalue weighted by Gasteiger charge is -2.18. The average molecular weight is 269 g/mol. The summed E-state index contributed by atoms with van der Waals surface area (Å²) in [5, 5.41) is 21.5.